The molecule has 0 saturated carbocycles. The lowest BCUT2D eigenvalue weighted by atomic mass is 10.00. The molecule has 0 radical (unpaired) electrons. The van der Waals surface area contributed by atoms with Gasteiger partial charge in [-0.05, 0) is 24.5 Å². The van der Waals surface area contributed by atoms with E-state index in [2.05, 4.69) is 35.3 Å². The number of nitrogens with zero attached hydrogens (tertiary/aromatic N) is 1. The second-order valence-electron chi connectivity index (χ2n) is 6.25. The second kappa shape index (κ2) is 6.36. The number of hydrogen-bond donors (Lipinski definition) is 1. The molecule has 3 heteroatoms. The maximum Gasteiger partial charge on any atom is 0.256 e. The van der Waals surface area contributed by atoms with Gasteiger partial charge in [0.15, 0.2) is 0 Å². The van der Waals surface area contributed by atoms with E-state index in [0.29, 0.717) is 0 Å². The minimum absolute atomic E-state index is 0.131. The zero-order valence-electron chi connectivity index (χ0n) is 13.5. The summed E-state index contributed by atoms with van der Waals surface area (Å²) in [5.74, 6) is 0.131. The van der Waals surface area contributed by atoms with E-state index in [1.807, 2.05) is 41.4 Å². The van der Waals surface area contributed by atoms with Gasteiger partial charge in [0.2, 0.25) is 0 Å². The summed E-state index contributed by atoms with van der Waals surface area (Å²) < 4.78 is 0. The van der Waals surface area contributed by atoms with Gasteiger partial charge in [-0.15, -0.1) is 0 Å². The van der Waals surface area contributed by atoms with Crippen LogP contribution in [0.2, 0.25) is 0 Å². The minimum atomic E-state index is 0.131. The lowest BCUT2D eigenvalue weighted by Gasteiger charge is -2.28. The van der Waals surface area contributed by atoms with E-state index in [4.69, 9.17) is 0 Å². The number of aromatic nitrogens is 1. The van der Waals surface area contributed by atoms with Gasteiger partial charge in [0.25, 0.3) is 5.91 Å². The van der Waals surface area contributed by atoms with E-state index in [0.717, 1.165) is 42.4 Å². The van der Waals surface area contributed by atoms with Gasteiger partial charge in [-0.3, -0.25) is 4.79 Å². The van der Waals surface area contributed by atoms with E-state index in [-0.39, 0.29) is 5.91 Å². The number of rotatable bonds is 2. The third kappa shape index (κ3) is 2.85. The monoisotopic (exact) mass is 316 g/mol. The Labute approximate surface area is 141 Å². The molecule has 3 nitrogen and oxygen atoms in total. The predicted octanol–water partition coefficient (Wildman–Crippen LogP) is 4.49. The van der Waals surface area contributed by atoms with Crippen molar-refractivity contribution in [1.82, 2.24) is 9.88 Å². The topological polar surface area (TPSA) is 36.1 Å². The predicted molar refractivity (Wildman–Crippen MR) is 97.9 cm³/mol. The van der Waals surface area contributed by atoms with E-state index in [1.165, 1.54) is 11.1 Å². The lowest BCUT2D eigenvalue weighted by Crippen LogP contribution is -2.36. The number of piperidine rings is 1. The Morgan fingerprint density at radius 1 is 0.958 bits per heavy atom. The Balaban J connectivity index is 1.48. The molecule has 0 bridgehead atoms. The van der Waals surface area contributed by atoms with Gasteiger partial charge in [0, 0.05) is 30.2 Å². The Kier molecular flexibility index (Phi) is 3.91. The zero-order valence-corrected chi connectivity index (χ0v) is 13.5. The molecule has 1 saturated heterocycles. The summed E-state index contributed by atoms with van der Waals surface area (Å²) in [6, 6.07) is 18.4. The Hall–Kier alpha value is -2.81. The molecule has 1 amide bonds. The molecule has 4 rings (SSSR count). The molecular formula is C21H20N2O. The van der Waals surface area contributed by atoms with Gasteiger partial charge >= 0.3 is 0 Å². The molecule has 1 aliphatic heterocycles. The number of benzene rings is 2. The molecule has 2 heterocycles. The first-order valence-corrected chi connectivity index (χ1v) is 8.41. The Morgan fingerprint density at radius 3 is 2.46 bits per heavy atom. The highest BCUT2D eigenvalue weighted by molar-refractivity contribution is 6.06. The van der Waals surface area contributed by atoms with Crippen LogP contribution in [0, 0.1) is 0 Å². The van der Waals surface area contributed by atoms with Crippen LogP contribution in [0.25, 0.3) is 17.0 Å². The van der Waals surface area contributed by atoms with Crippen LogP contribution in [-0.4, -0.2) is 28.9 Å². The van der Waals surface area contributed by atoms with Crippen molar-refractivity contribution >= 4 is 22.9 Å². The molecule has 0 unspecified atom stereocenters. The van der Waals surface area contributed by atoms with Crippen LogP contribution in [0.3, 0.4) is 0 Å². The molecule has 120 valence electrons. The SMILES string of the molecule is O=C(c1c[nH]c2ccccc12)N1CCC(=Cc2ccccc2)CC1. The molecule has 2 aromatic carbocycles. The van der Waals surface area contributed by atoms with Crippen molar-refractivity contribution < 1.29 is 4.79 Å². The number of hydrogen-bond acceptors (Lipinski definition) is 1. The molecule has 0 atom stereocenters. The highest BCUT2D eigenvalue weighted by Gasteiger charge is 2.22. The number of H-pyrrole nitrogens is 1. The van der Waals surface area contributed by atoms with Crippen LogP contribution in [0.4, 0.5) is 0 Å². The molecule has 1 fully saturated rings. The van der Waals surface area contributed by atoms with Crippen molar-refractivity contribution in [3.05, 3.63) is 77.5 Å². The average molecular weight is 316 g/mol. The number of carbonyl (C=O) groups is 1. The van der Waals surface area contributed by atoms with Gasteiger partial charge in [-0.2, -0.15) is 0 Å². The van der Waals surface area contributed by atoms with E-state index in [9.17, 15) is 4.79 Å². The van der Waals surface area contributed by atoms with Crippen molar-refractivity contribution in [2.45, 2.75) is 12.8 Å². The van der Waals surface area contributed by atoms with E-state index in [1.54, 1.807) is 0 Å². The van der Waals surface area contributed by atoms with Gasteiger partial charge in [-0.25, -0.2) is 0 Å². The van der Waals surface area contributed by atoms with Gasteiger partial charge < -0.3 is 9.88 Å². The molecular weight excluding hydrogens is 296 g/mol. The summed E-state index contributed by atoms with van der Waals surface area (Å²) in [7, 11) is 0. The molecule has 1 N–H and O–H groups in total. The standard InChI is InChI=1S/C21H20N2O/c24-21(19-15-22-20-9-5-4-8-18(19)20)23-12-10-17(11-13-23)14-16-6-2-1-3-7-16/h1-9,14-15,22H,10-13H2. The normalized spacial score (nSPS) is 14.8. The van der Waals surface area contributed by atoms with Crippen LogP contribution in [0.5, 0.6) is 0 Å². The fraction of sp³-hybridized carbons (Fsp3) is 0.190. The highest BCUT2D eigenvalue weighted by Crippen LogP contribution is 2.24. The molecule has 1 aromatic heterocycles. The van der Waals surface area contributed by atoms with Gasteiger partial charge in [-0.1, -0.05) is 60.2 Å². The summed E-state index contributed by atoms with van der Waals surface area (Å²) >= 11 is 0. The summed E-state index contributed by atoms with van der Waals surface area (Å²) in [6.45, 7) is 1.58. The fourth-order valence-electron chi connectivity index (χ4n) is 3.35. The quantitative estimate of drug-likeness (QED) is 0.743. The zero-order chi connectivity index (χ0) is 16.4. The summed E-state index contributed by atoms with van der Waals surface area (Å²) in [6.07, 6.45) is 5.99. The maximum atomic E-state index is 12.8. The van der Waals surface area contributed by atoms with Gasteiger partial charge in [0.05, 0.1) is 5.56 Å². The third-order valence-corrected chi connectivity index (χ3v) is 4.68. The number of nitrogens with one attached hydrogen (secondary N) is 1. The fourth-order valence-corrected chi connectivity index (χ4v) is 3.35. The van der Waals surface area contributed by atoms with Crippen molar-refractivity contribution in [2.24, 2.45) is 0 Å². The average Bonchev–Trinajstić information content (AvgIpc) is 3.07. The summed E-state index contributed by atoms with van der Waals surface area (Å²) in [5, 5.41) is 1.01. The lowest BCUT2D eigenvalue weighted by molar-refractivity contribution is 0.0746. The Morgan fingerprint density at radius 2 is 1.67 bits per heavy atom. The van der Waals surface area contributed by atoms with Crippen LogP contribution in [0.15, 0.2) is 66.4 Å². The number of fused-ring (bicyclic) bond motifs is 1. The Bertz CT molecular complexity index is 882. The first-order chi connectivity index (χ1) is 11.8. The summed E-state index contributed by atoms with van der Waals surface area (Å²) in [5.41, 5.74) is 4.46. The second-order valence-corrected chi connectivity index (χ2v) is 6.25. The first kappa shape index (κ1) is 14.8. The molecule has 0 aliphatic carbocycles. The van der Waals surface area contributed by atoms with Gasteiger partial charge in [0.1, 0.15) is 0 Å². The third-order valence-electron chi connectivity index (χ3n) is 4.68. The van der Waals surface area contributed by atoms with Crippen molar-refractivity contribution in [1.29, 1.82) is 0 Å². The number of aromatic amines is 1. The number of likely N-dealkylation sites (tertiary alicyclic amines) is 1. The summed E-state index contributed by atoms with van der Waals surface area (Å²) in [4.78, 5) is 18.0. The van der Waals surface area contributed by atoms with Crippen LogP contribution < -0.4 is 0 Å². The van der Waals surface area contributed by atoms with Crippen LogP contribution in [-0.2, 0) is 0 Å². The smallest absolute Gasteiger partial charge is 0.256 e. The van der Waals surface area contributed by atoms with Crippen molar-refractivity contribution in [3.8, 4) is 0 Å². The number of amides is 1. The van der Waals surface area contributed by atoms with Crippen molar-refractivity contribution in [3.63, 3.8) is 0 Å². The largest absolute Gasteiger partial charge is 0.360 e. The van der Waals surface area contributed by atoms with Crippen molar-refractivity contribution in [2.75, 3.05) is 13.1 Å². The first-order valence-electron chi connectivity index (χ1n) is 8.41. The van der Waals surface area contributed by atoms with Crippen LogP contribution in [0.1, 0.15) is 28.8 Å². The maximum absolute atomic E-state index is 12.8. The minimum Gasteiger partial charge on any atom is -0.360 e. The highest BCUT2D eigenvalue weighted by atomic mass is 16.2. The molecule has 3 aromatic rings. The number of carbonyl (C=O) groups excluding carboxylic acids is 1. The van der Waals surface area contributed by atoms with E-state index >= 15 is 0 Å². The molecule has 24 heavy (non-hydrogen) atoms. The number of para-hydroxylation sites is 1. The van der Waals surface area contributed by atoms with E-state index < -0.39 is 0 Å². The molecule has 1 aliphatic rings. The molecule has 0 spiro atoms. The van der Waals surface area contributed by atoms with Crippen LogP contribution >= 0.6 is 0 Å².